The topological polar surface area (TPSA) is 35.6 Å². The fourth-order valence-corrected chi connectivity index (χ4v) is 3.51. The Morgan fingerprint density at radius 3 is 2.48 bits per heavy atom. The average molecular weight is 295 g/mol. The van der Waals surface area contributed by atoms with Gasteiger partial charge in [-0.15, -0.1) is 0 Å². The summed E-state index contributed by atoms with van der Waals surface area (Å²) in [5, 5.41) is 3.08. The van der Waals surface area contributed by atoms with Crippen LogP contribution in [0.4, 0.5) is 4.79 Å². The van der Waals surface area contributed by atoms with Crippen molar-refractivity contribution >= 4 is 6.03 Å². The van der Waals surface area contributed by atoms with Gasteiger partial charge in [0.1, 0.15) is 0 Å². The maximum atomic E-state index is 12.5. The monoisotopic (exact) mass is 295 g/mol. The number of carbonyl (C=O) groups excluding carboxylic acids is 1. The fourth-order valence-electron chi connectivity index (χ4n) is 3.51. The van der Waals surface area contributed by atoms with Gasteiger partial charge in [0.05, 0.1) is 0 Å². The van der Waals surface area contributed by atoms with Gasteiger partial charge < -0.3 is 15.1 Å². The zero-order valence-electron chi connectivity index (χ0n) is 14.1. The summed E-state index contributed by atoms with van der Waals surface area (Å²) < 4.78 is 0. The highest BCUT2D eigenvalue weighted by atomic mass is 16.2. The van der Waals surface area contributed by atoms with Gasteiger partial charge in [-0.25, -0.2) is 4.79 Å². The summed E-state index contributed by atoms with van der Waals surface area (Å²) in [6.07, 6.45) is 7.46. The van der Waals surface area contributed by atoms with Crippen molar-refractivity contribution in [3.05, 3.63) is 0 Å². The van der Waals surface area contributed by atoms with Crippen LogP contribution in [0.1, 0.15) is 59.3 Å². The number of hydrogen-bond acceptors (Lipinski definition) is 2. The van der Waals surface area contributed by atoms with Gasteiger partial charge in [-0.2, -0.15) is 0 Å². The van der Waals surface area contributed by atoms with Crippen LogP contribution in [-0.4, -0.2) is 54.1 Å². The zero-order valence-corrected chi connectivity index (χ0v) is 14.1. The number of hydrogen-bond donors (Lipinski definition) is 1. The van der Waals surface area contributed by atoms with Crippen LogP contribution in [-0.2, 0) is 0 Å². The first-order chi connectivity index (χ1) is 10.1. The first-order valence-electron chi connectivity index (χ1n) is 8.85. The minimum Gasteiger partial charge on any atom is -0.336 e. The Kier molecular flexibility index (Phi) is 6.34. The molecule has 2 amide bonds. The van der Waals surface area contributed by atoms with Crippen molar-refractivity contribution in [2.75, 3.05) is 26.2 Å². The molecule has 0 aromatic heterocycles. The molecule has 0 aliphatic carbocycles. The van der Waals surface area contributed by atoms with E-state index in [2.05, 4.69) is 22.0 Å². The van der Waals surface area contributed by atoms with Crippen LogP contribution >= 0.6 is 0 Å². The second-order valence-corrected chi connectivity index (χ2v) is 7.28. The van der Waals surface area contributed by atoms with Crippen molar-refractivity contribution in [1.29, 1.82) is 0 Å². The maximum Gasteiger partial charge on any atom is 0.317 e. The number of likely N-dealkylation sites (tertiary alicyclic amines) is 2. The van der Waals surface area contributed by atoms with Gasteiger partial charge in [-0.3, -0.25) is 0 Å². The lowest BCUT2D eigenvalue weighted by molar-refractivity contribution is 0.122. The van der Waals surface area contributed by atoms with E-state index in [1.54, 1.807) is 0 Å². The quantitative estimate of drug-likeness (QED) is 0.868. The third-order valence-electron chi connectivity index (χ3n) is 4.90. The van der Waals surface area contributed by atoms with Gasteiger partial charge in [0.2, 0.25) is 0 Å². The molecule has 0 saturated carbocycles. The second-order valence-electron chi connectivity index (χ2n) is 7.28. The normalized spacial score (nSPS) is 25.9. The zero-order chi connectivity index (χ0) is 15.2. The minimum absolute atomic E-state index is 0.141. The standard InChI is InChI=1S/C17H33N3O/c1-14(2)18-17(21)20-10-6-4-5-7-16(20)13-19-11-8-15(3)9-12-19/h14-16H,4-13H2,1-3H3,(H,18,21). The van der Waals surface area contributed by atoms with Crippen LogP contribution in [0.5, 0.6) is 0 Å². The molecule has 0 bridgehead atoms. The molecule has 21 heavy (non-hydrogen) atoms. The van der Waals surface area contributed by atoms with Crippen molar-refractivity contribution in [2.24, 2.45) is 5.92 Å². The van der Waals surface area contributed by atoms with E-state index in [0.29, 0.717) is 6.04 Å². The molecule has 0 radical (unpaired) electrons. The Hall–Kier alpha value is -0.770. The molecule has 0 aromatic rings. The Morgan fingerprint density at radius 2 is 1.81 bits per heavy atom. The molecule has 2 aliphatic heterocycles. The molecular formula is C17H33N3O. The van der Waals surface area contributed by atoms with Crippen LogP contribution in [0.2, 0.25) is 0 Å². The van der Waals surface area contributed by atoms with Crippen molar-refractivity contribution in [2.45, 2.75) is 71.4 Å². The summed E-state index contributed by atoms with van der Waals surface area (Å²) in [6, 6.07) is 0.763. The van der Waals surface area contributed by atoms with Crippen molar-refractivity contribution in [1.82, 2.24) is 15.1 Å². The highest BCUT2D eigenvalue weighted by molar-refractivity contribution is 5.74. The number of piperidine rings is 1. The molecule has 1 N–H and O–H groups in total. The van der Waals surface area contributed by atoms with Crippen molar-refractivity contribution < 1.29 is 4.79 Å². The lowest BCUT2D eigenvalue weighted by Crippen LogP contribution is -2.52. The molecule has 1 unspecified atom stereocenters. The van der Waals surface area contributed by atoms with Gasteiger partial charge in [0.25, 0.3) is 0 Å². The molecule has 122 valence electrons. The van der Waals surface area contributed by atoms with Crippen LogP contribution in [0.15, 0.2) is 0 Å². The largest absolute Gasteiger partial charge is 0.336 e. The van der Waals surface area contributed by atoms with E-state index in [1.165, 1.54) is 38.8 Å². The SMILES string of the molecule is CC1CCN(CC2CCCCCN2C(=O)NC(C)C)CC1. The molecule has 1 atom stereocenters. The Labute approximate surface area is 130 Å². The van der Waals surface area contributed by atoms with Crippen LogP contribution in [0.25, 0.3) is 0 Å². The second kappa shape index (κ2) is 8.02. The molecule has 0 aromatic carbocycles. The van der Waals surface area contributed by atoms with Crippen LogP contribution < -0.4 is 5.32 Å². The molecule has 0 spiro atoms. The third-order valence-corrected chi connectivity index (χ3v) is 4.90. The predicted molar refractivity (Wildman–Crippen MR) is 87.5 cm³/mol. The Balaban J connectivity index is 1.93. The van der Waals surface area contributed by atoms with Gasteiger partial charge >= 0.3 is 6.03 Å². The van der Waals surface area contributed by atoms with E-state index in [1.807, 2.05) is 13.8 Å². The molecular weight excluding hydrogens is 262 g/mol. The minimum atomic E-state index is 0.141. The number of nitrogens with zero attached hydrogens (tertiary/aromatic N) is 2. The first-order valence-corrected chi connectivity index (χ1v) is 8.85. The van der Waals surface area contributed by atoms with Crippen molar-refractivity contribution in [3.8, 4) is 0 Å². The number of nitrogens with one attached hydrogen (secondary N) is 1. The molecule has 2 fully saturated rings. The molecule has 2 aliphatic rings. The highest BCUT2D eigenvalue weighted by Crippen LogP contribution is 2.21. The first kappa shape index (κ1) is 16.6. The third kappa shape index (κ3) is 5.17. The Bertz CT molecular complexity index is 324. The smallest absolute Gasteiger partial charge is 0.317 e. The molecule has 4 heteroatoms. The number of rotatable bonds is 3. The summed E-state index contributed by atoms with van der Waals surface area (Å²) in [5.74, 6) is 0.871. The summed E-state index contributed by atoms with van der Waals surface area (Å²) in [4.78, 5) is 17.2. The average Bonchev–Trinajstić information content (AvgIpc) is 2.66. The number of urea groups is 1. The molecule has 4 nitrogen and oxygen atoms in total. The van der Waals surface area contributed by atoms with Gasteiger partial charge in [0.15, 0.2) is 0 Å². The van der Waals surface area contributed by atoms with Crippen LogP contribution in [0.3, 0.4) is 0 Å². The van der Waals surface area contributed by atoms with E-state index in [9.17, 15) is 4.79 Å². The van der Waals surface area contributed by atoms with E-state index < -0.39 is 0 Å². The number of amides is 2. The predicted octanol–water partition coefficient (Wildman–Crippen LogP) is 3.08. The van der Waals surface area contributed by atoms with E-state index >= 15 is 0 Å². The van der Waals surface area contributed by atoms with Gasteiger partial charge in [-0.1, -0.05) is 19.8 Å². The summed E-state index contributed by atoms with van der Waals surface area (Å²) in [5.41, 5.74) is 0. The molecule has 2 heterocycles. The Morgan fingerprint density at radius 1 is 1.10 bits per heavy atom. The lowest BCUT2D eigenvalue weighted by atomic mass is 9.98. The van der Waals surface area contributed by atoms with Gasteiger partial charge in [-0.05, 0) is 58.5 Å². The van der Waals surface area contributed by atoms with Crippen LogP contribution in [0, 0.1) is 5.92 Å². The van der Waals surface area contributed by atoms with E-state index in [4.69, 9.17) is 0 Å². The number of carbonyl (C=O) groups is 1. The summed E-state index contributed by atoms with van der Waals surface area (Å²) in [6.45, 7) is 10.8. The van der Waals surface area contributed by atoms with E-state index in [0.717, 1.165) is 31.8 Å². The van der Waals surface area contributed by atoms with E-state index in [-0.39, 0.29) is 12.1 Å². The fraction of sp³-hybridized carbons (Fsp3) is 0.941. The summed E-state index contributed by atoms with van der Waals surface area (Å²) >= 11 is 0. The highest BCUT2D eigenvalue weighted by Gasteiger charge is 2.28. The van der Waals surface area contributed by atoms with Gasteiger partial charge in [0, 0.05) is 25.2 Å². The molecule has 2 saturated heterocycles. The summed E-state index contributed by atoms with van der Waals surface area (Å²) in [7, 11) is 0. The van der Waals surface area contributed by atoms with Crippen molar-refractivity contribution in [3.63, 3.8) is 0 Å². The maximum absolute atomic E-state index is 12.5. The molecule has 2 rings (SSSR count). The lowest BCUT2D eigenvalue weighted by Gasteiger charge is -2.37.